The zero-order valence-corrected chi connectivity index (χ0v) is 15.0. The summed E-state index contributed by atoms with van der Waals surface area (Å²) in [5.74, 6) is 0.456. The number of aromatic amines is 1. The third-order valence-corrected chi connectivity index (χ3v) is 4.28. The molecule has 2 aromatic carbocycles. The van der Waals surface area contributed by atoms with E-state index in [2.05, 4.69) is 10.3 Å². The number of fused-ring (bicyclic) bond motifs is 1. The average Bonchev–Trinajstić information content (AvgIpc) is 3.06. The number of nitrogens with zero attached hydrogens (tertiary/aromatic N) is 1. The van der Waals surface area contributed by atoms with E-state index in [0.717, 1.165) is 22.2 Å². The predicted molar refractivity (Wildman–Crippen MR) is 101 cm³/mol. The van der Waals surface area contributed by atoms with Crippen molar-refractivity contribution < 1.29 is 14.3 Å². The van der Waals surface area contributed by atoms with E-state index in [1.54, 1.807) is 25.1 Å². The molecule has 2 N–H and O–H groups in total. The highest BCUT2D eigenvalue weighted by atomic mass is 16.5. The summed E-state index contributed by atoms with van der Waals surface area (Å²) in [5.41, 5.74) is 2.85. The van der Waals surface area contributed by atoms with Crippen LogP contribution >= 0.6 is 0 Å². The highest BCUT2D eigenvalue weighted by molar-refractivity contribution is 6.06. The van der Waals surface area contributed by atoms with Crippen molar-refractivity contribution in [3.8, 4) is 5.75 Å². The summed E-state index contributed by atoms with van der Waals surface area (Å²) in [5, 5.41) is 3.85. The number of nitrogens with one attached hydrogen (secondary N) is 2. The molecule has 0 spiro atoms. The van der Waals surface area contributed by atoms with Crippen molar-refractivity contribution in [2.75, 3.05) is 19.5 Å². The van der Waals surface area contributed by atoms with E-state index in [9.17, 15) is 9.59 Å². The number of H-pyrrole nitrogens is 1. The lowest BCUT2D eigenvalue weighted by atomic mass is 10.1. The molecular formula is C20H21N3O3. The van der Waals surface area contributed by atoms with Crippen molar-refractivity contribution in [3.63, 3.8) is 0 Å². The van der Waals surface area contributed by atoms with Gasteiger partial charge in [-0.25, -0.2) is 0 Å². The molecule has 0 bridgehead atoms. The number of aromatic nitrogens is 1. The number of anilines is 1. The maximum atomic E-state index is 12.7. The minimum absolute atomic E-state index is 0.0318. The Morgan fingerprint density at radius 3 is 2.65 bits per heavy atom. The third-order valence-electron chi connectivity index (χ3n) is 4.28. The second kappa shape index (κ2) is 7.31. The number of hydrogen-bond donors (Lipinski definition) is 2. The Hall–Kier alpha value is -3.28. The molecule has 3 aromatic rings. The lowest BCUT2D eigenvalue weighted by Gasteiger charge is -2.17. The van der Waals surface area contributed by atoms with Crippen LogP contribution in [0.15, 0.2) is 48.5 Å². The lowest BCUT2D eigenvalue weighted by Crippen LogP contribution is -2.24. The van der Waals surface area contributed by atoms with Crippen LogP contribution in [0.1, 0.15) is 23.0 Å². The molecule has 0 atom stereocenters. The van der Waals surface area contributed by atoms with E-state index >= 15 is 0 Å². The number of rotatable bonds is 5. The summed E-state index contributed by atoms with van der Waals surface area (Å²) in [6, 6.07) is 14.9. The zero-order valence-electron chi connectivity index (χ0n) is 15.0. The number of para-hydroxylation sites is 1. The Morgan fingerprint density at radius 2 is 1.92 bits per heavy atom. The summed E-state index contributed by atoms with van der Waals surface area (Å²) in [7, 11) is 3.33. The molecule has 134 valence electrons. The first-order valence-corrected chi connectivity index (χ1v) is 8.25. The van der Waals surface area contributed by atoms with Gasteiger partial charge in [0.25, 0.3) is 5.91 Å². The topological polar surface area (TPSA) is 74.4 Å². The van der Waals surface area contributed by atoms with Crippen molar-refractivity contribution in [2.45, 2.75) is 13.5 Å². The first-order chi connectivity index (χ1) is 12.5. The van der Waals surface area contributed by atoms with Gasteiger partial charge >= 0.3 is 0 Å². The highest BCUT2D eigenvalue weighted by Crippen LogP contribution is 2.23. The molecule has 0 aliphatic carbocycles. The van der Waals surface area contributed by atoms with Crippen LogP contribution in [0.5, 0.6) is 5.75 Å². The number of carbonyl (C=O) groups is 2. The maximum Gasteiger partial charge on any atom is 0.272 e. The Balaban J connectivity index is 1.83. The summed E-state index contributed by atoms with van der Waals surface area (Å²) in [6.45, 7) is 1.94. The van der Waals surface area contributed by atoms with Crippen LogP contribution in [0, 0.1) is 0 Å². The Morgan fingerprint density at radius 1 is 1.15 bits per heavy atom. The molecule has 1 aromatic heterocycles. The van der Waals surface area contributed by atoms with Crippen molar-refractivity contribution in [1.82, 2.24) is 9.88 Å². The van der Waals surface area contributed by atoms with Gasteiger partial charge in [-0.3, -0.25) is 9.59 Å². The first-order valence-electron chi connectivity index (χ1n) is 8.25. The minimum atomic E-state index is -0.238. The molecule has 26 heavy (non-hydrogen) atoms. The van der Waals surface area contributed by atoms with Gasteiger partial charge in [-0.15, -0.1) is 0 Å². The molecule has 0 aliphatic rings. The first kappa shape index (κ1) is 17.5. The largest absolute Gasteiger partial charge is 0.497 e. The fourth-order valence-corrected chi connectivity index (χ4v) is 2.69. The van der Waals surface area contributed by atoms with Gasteiger partial charge in [-0.05, 0) is 29.8 Å². The maximum absolute atomic E-state index is 12.7. The second-order valence-electron chi connectivity index (χ2n) is 6.12. The number of carbonyl (C=O) groups excluding carboxylic acids is 2. The van der Waals surface area contributed by atoms with Crippen LogP contribution in [0.3, 0.4) is 0 Å². The molecule has 0 aliphatic heterocycles. The van der Waals surface area contributed by atoms with Crippen molar-refractivity contribution in [2.24, 2.45) is 0 Å². The second-order valence-corrected chi connectivity index (χ2v) is 6.12. The molecule has 2 amide bonds. The molecule has 6 heteroatoms. The SMILES string of the molecule is COc1ccc2cc(C(=O)Nc3ccccc3CN(C)C(C)=O)[nH]c2c1. The van der Waals surface area contributed by atoms with Crippen LogP contribution in [-0.4, -0.2) is 35.9 Å². The van der Waals surface area contributed by atoms with Gasteiger partial charge in [0.2, 0.25) is 5.91 Å². The number of hydrogen-bond acceptors (Lipinski definition) is 3. The molecule has 3 rings (SSSR count). The summed E-state index contributed by atoms with van der Waals surface area (Å²) >= 11 is 0. The van der Waals surface area contributed by atoms with Gasteiger partial charge in [0, 0.05) is 43.2 Å². The van der Waals surface area contributed by atoms with E-state index in [4.69, 9.17) is 4.74 Å². The third kappa shape index (κ3) is 3.69. The van der Waals surface area contributed by atoms with E-state index in [0.29, 0.717) is 17.9 Å². The molecule has 0 radical (unpaired) electrons. The monoisotopic (exact) mass is 351 g/mol. The lowest BCUT2D eigenvalue weighted by molar-refractivity contribution is -0.128. The highest BCUT2D eigenvalue weighted by Gasteiger charge is 2.13. The molecule has 0 saturated carbocycles. The molecule has 0 fully saturated rings. The van der Waals surface area contributed by atoms with E-state index < -0.39 is 0 Å². The van der Waals surface area contributed by atoms with Crippen LogP contribution in [0.25, 0.3) is 10.9 Å². The smallest absolute Gasteiger partial charge is 0.272 e. The van der Waals surface area contributed by atoms with E-state index in [1.165, 1.54) is 6.92 Å². The molecule has 0 saturated heterocycles. The molecule has 0 unspecified atom stereocenters. The Bertz CT molecular complexity index is 962. The molecular weight excluding hydrogens is 330 g/mol. The zero-order chi connectivity index (χ0) is 18.7. The van der Waals surface area contributed by atoms with E-state index in [-0.39, 0.29) is 11.8 Å². The number of benzene rings is 2. The number of ether oxygens (including phenoxy) is 1. The van der Waals surface area contributed by atoms with Gasteiger partial charge in [-0.1, -0.05) is 18.2 Å². The summed E-state index contributed by atoms with van der Waals surface area (Å²) in [4.78, 5) is 28.8. The van der Waals surface area contributed by atoms with Gasteiger partial charge in [-0.2, -0.15) is 0 Å². The van der Waals surface area contributed by atoms with Gasteiger partial charge < -0.3 is 19.9 Å². The Kier molecular flexibility index (Phi) is 4.93. The number of methoxy groups -OCH3 is 1. The van der Waals surface area contributed by atoms with Crippen molar-refractivity contribution in [3.05, 3.63) is 59.8 Å². The van der Waals surface area contributed by atoms with E-state index in [1.807, 2.05) is 42.5 Å². The van der Waals surface area contributed by atoms with Crippen LogP contribution in [-0.2, 0) is 11.3 Å². The molecule has 1 heterocycles. The number of amides is 2. The van der Waals surface area contributed by atoms with Crippen molar-refractivity contribution >= 4 is 28.4 Å². The standard InChI is InChI=1S/C20H21N3O3/c1-13(24)23(2)12-15-6-4-5-7-17(15)22-20(25)19-10-14-8-9-16(26-3)11-18(14)21-19/h4-11,21H,12H2,1-3H3,(H,22,25). The van der Waals surface area contributed by atoms with Crippen LogP contribution in [0.2, 0.25) is 0 Å². The summed E-state index contributed by atoms with van der Waals surface area (Å²) in [6.07, 6.45) is 0. The molecule has 6 nitrogen and oxygen atoms in total. The van der Waals surface area contributed by atoms with Gasteiger partial charge in [0.15, 0.2) is 0 Å². The van der Waals surface area contributed by atoms with Crippen molar-refractivity contribution in [1.29, 1.82) is 0 Å². The average molecular weight is 351 g/mol. The minimum Gasteiger partial charge on any atom is -0.497 e. The predicted octanol–water partition coefficient (Wildman–Crippen LogP) is 3.41. The van der Waals surface area contributed by atoms with Crippen LogP contribution < -0.4 is 10.1 Å². The Labute approximate surface area is 151 Å². The fourth-order valence-electron chi connectivity index (χ4n) is 2.69. The summed E-state index contributed by atoms with van der Waals surface area (Å²) < 4.78 is 5.21. The van der Waals surface area contributed by atoms with Crippen LogP contribution in [0.4, 0.5) is 5.69 Å². The fraction of sp³-hybridized carbons (Fsp3) is 0.200. The normalized spacial score (nSPS) is 10.6. The van der Waals surface area contributed by atoms with Gasteiger partial charge in [0.05, 0.1) is 7.11 Å². The quantitative estimate of drug-likeness (QED) is 0.740. The van der Waals surface area contributed by atoms with Gasteiger partial charge in [0.1, 0.15) is 11.4 Å².